The minimum Gasteiger partial charge on any atom is -0.286 e. The van der Waals surface area contributed by atoms with E-state index in [-0.39, 0.29) is 11.4 Å². The molecule has 2 aromatic carbocycles. The van der Waals surface area contributed by atoms with Gasteiger partial charge in [-0.2, -0.15) is 10.5 Å². The smallest absolute Gasteiger partial charge is 0.286 e. The van der Waals surface area contributed by atoms with Crippen LogP contribution in [0.4, 0.5) is 5.82 Å². The first kappa shape index (κ1) is 19.3. The molecule has 0 aliphatic carbocycles. The van der Waals surface area contributed by atoms with Crippen molar-refractivity contribution in [3.63, 3.8) is 0 Å². The summed E-state index contributed by atoms with van der Waals surface area (Å²) in [5.41, 5.74) is 9.13. The lowest BCUT2D eigenvalue weighted by atomic mass is 9.97. The van der Waals surface area contributed by atoms with Crippen LogP contribution in [0.5, 0.6) is 0 Å². The normalized spacial score (nSPS) is 10.2. The van der Waals surface area contributed by atoms with Gasteiger partial charge in [-0.1, -0.05) is 63.6 Å². The van der Waals surface area contributed by atoms with Gasteiger partial charge < -0.3 is 0 Å². The van der Waals surface area contributed by atoms with Gasteiger partial charge in [-0.05, 0) is 35.4 Å². The molecule has 0 saturated heterocycles. The molecule has 3 N–H and O–H groups in total. The van der Waals surface area contributed by atoms with Gasteiger partial charge >= 0.3 is 0 Å². The Kier molecular flexibility index (Phi) is 6.03. The predicted molar refractivity (Wildman–Crippen MR) is 111 cm³/mol. The van der Waals surface area contributed by atoms with Crippen LogP contribution < -0.4 is 10.7 Å². The van der Waals surface area contributed by atoms with Crippen molar-refractivity contribution in [1.29, 1.82) is 10.5 Å². The second-order valence-electron chi connectivity index (χ2n) is 5.64. The number of nitrogens with two attached hydrogens (primary N) is 1. The van der Waals surface area contributed by atoms with Gasteiger partial charge in [0, 0.05) is 20.8 Å². The molecule has 0 radical (unpaired) electrons. The largest absolute Gasteiger partial charge is 0.289 e. The Bertz CT molecular complexity index is 1070. The predicted octanol–water partition coefficient (Wildman–Crippen LogP) is 5.20. The summed E-state index contributed by atoms with van der Waals surface area (Å²) in [6.07, 6.45) is 0. The van der Waals surface area contributed by atoms with E-state index in [1.165, 1.54) is 11.8 Å². The van der Waals surface area contributed by atoms with Gasteiger partial charge in [0.2, 0.25) is 0 Å². The minimum absolute atomic E-state index is 0.244. The number of nitrogens with zero attached hydrogens (tertiary/aromatic N) is 2. The summed E-state index contributed by atoms with van der Waals surface area (Å²) in [6, 6.07) is 19.3. The molecule has 3 aromatic rings. The zero-order valence-corrected chi connectivity index (χ0v) is 17.1. The van der Waals surface area contributed by atoms with Crippen LogP contribution in [0.15, 0.2) is 58.0 Å². The molecule has 3 rings (SSSR count). The van der Waals surface area contributed by atoms with E-state index >= 15 is 0 Å². The Labute approximate surface area is 174 Å². The standard InChI is InChI=1S/C20H12BrClN4S/c21-14-5-3-13(4-6-14)18-16(9-23)19(25)26-20(17(18)10-24)27-11-12-1-7-15(22)8-2-12/h1-8H,11H2,(H2,25,26)/p+1. The lowest BCUT2D eigenvalue weighted by molar-refractivity contribution is -0.410. The Hall–Kier alpha value is -2.51. The van der Waals surface area contributed by atoms with E-state index in [4.69, 9.17) is 17.3 Å². The molecule has 0 aliphatic heterocycles. The van der Waals surface area contributed by atoms with Crippen molar-refractivity contribution >= 4 is 45.1 Å². The van der Waals surface area contributed by atoms with E-state index < -0.39 is 0 Å². The molecule has 0 bridgehead atoms. The third kappa shape index (κ3) is 4.26. The number of hydrogen-bond donors (Lipinski definition) is 1. The minimum atomic E-state index is 0.244. The van der Waals surface area contributed by atoms with Gasteiger partial charge in [-0.15, -0.1) is 0 Å². The number of anilines is 1. The van der Waals surface area contributed by atoms with Crippen molar-refractivity contribution in [3.8, 4) is 23.3 Å². The van der Waals surface area contributed by atoms with Crippen LogP contribution in [0.1, 0.15) is 16.7 Å². The first-order valence-corrected chi connectivity index (χ1v) is 10.0. The van der Waals surface area contributed by atoms with Crippen molar-refractivity contribution in [1.82, 2.24) is 0 Å². The number of thioether (sulfide) groups is 1. The summed E-state index contributed by atoms with van der Waals surface area (Å²) in [6.45, 7) is 0. The molecule has 0 fully saturated rings. The third-order valence-corrected chi connectivity index (χ3v) is 5.75. The molecule has 27 heavy (non-hydrogen) atoms. The molecular weight excluding hydrogens is 444 g/mol. The number of halogens is 2. The van der Waals surface area contributed by atoms with E-state index in [2.05, 4.69) is 33.1 Å². The van der Waals surface area contributed by atoms with Crippen molar-refractivity contribution in [2.75, 3.05) is 5.73 Å². The highest BCUT2D eigenvalue weighted by molar-refractivity contribution is 9.10. The fourth-order valence-electron chi connectivity index (χ4n) is 2.59. The van der Waals surface area contributed by atoms with Crippen molar-refractivity contribution in [3.05, 3.63) is 74.7 Å². The second kappa shape index (κ2) is 8.45. The Morgan fingerprint density at radius 3 is 2.22 bits per heavy atom. The lowest BCUT2D eigenvalue weighted by Crippen LogP contribution is -2.18. The average Bonchev–Trinajstić information content (AvgIpc) is 2.67. The van der Waals surface area contributed by atoms with E-state index in [0.29, 0.717) is 26.9 Å². The van der Waals surface area contributed by atoms with Crippen LogP contribution in [0.3, 0.4) is 0 Å². The number of nitrogens with one attached hydrogen (secondary N) is 1. The molecule has 1 aromatic heterocycles. The van der Waals surface area contributed by atoms with Crippen LogP contribution in [0, 0.1) is 22.7 Å². The Morgan fingerprint density at radius 1 is 1.00 bits per heavy atom. The highest BCUT2D eigenvalue weighted by Gasteiger charge is 2.23. The molecule has 132 valence electrons. The number of nitrogen functional groups attached to an aromatic ring is 1. The van der Waals surface area contributed by atoms with Crippen molar-refractivity contribution in [2.45, 2.75) is 10.8 Å². The van der Waals surface area contributed by atoms with Gasteiger partial charge in [0.15, 0.2) is 5.03 Å². The lowest BCUT2D eigenvalue weighted by Gasteiger charge is -2.10. The molecule has 0 unspecified atom stereocenters. The summed E-state index contributed by atoms with van der Waals surface area (Å²) in [5, 5.41) is 20.7. The van der Waals surface area contributed by atoms with E-state index in [0.717, 1.165) is 15.6 Å². The topological polar surface area (TPSA) is 87.7 Å². The highest BCUT2D eigenvalue weighted by Crippen LogP contribution is 2.35. The zero-order valence-electron chi connectivity index (χ0n) is 14.0. The van der Waals surface area contributed by atoms with Gasteiger partial charge in [0.05, 0.1) is 0 Å². The summed E-state index contributed by atoms with van der Waals surface area (Å²) >= 11 is 10.8. The van der Waals surface area contributed by atoms with Crippen LogP contribution in [-0.2, 0) is 5.75 Å². The SMILES string of the molecule is N#Cc1c(N)[nH+]c(SCc2ccc(Cl)cc2)c(C#N)c1-c1ccc(Br)cc1. The summed E-state index contributed by atoms with van der Waals surface area (Å²) < 4.78 is 0.913. The second-order valence-corrected chi connectivity index (χ2v) is 7.98. The van der Waals surface area contributed by atoms with E-state index in [1.54, 1.807) is 0 Å². The first-order chi connectivity index (χ1) is 13.0. The summed E-state index contributed by atoms with van der Waals surface area (Å²) in [4.78, 5) is 3.01. The van der Waals surface area contributed by atoms with Crippen molar-refractivity contribution < 1.29 is 4.98 Å². The van der Waals surface area contributed by atoms with Gasteiger partial charge in [-0.25, -0.2) is 4.98 Å². The number of benzene rings is 2. The van der Waals surface area contributed by atoms with Crippen molar-refractivity contribution in [2.24, 2.45) is 0 Å². The van der Waals surface area contributed by atoms with E-state index in [9.17, 15) is 10.5 Å². The number of pyridine rings is 1. The molecule has 1 heterocycles. The number of aromatic amines is 1. The fourth-order valence-corrected chi connectivity index (χ4v) is 3.96. The van der Waals surface area contributed by atoms with Gasteiger partial charge in [-0.3, -0.25) is 5.73 Å². The Balaban J connectivity index is 2.07. The van der Waals surface area contributed by atoms with Crippen LogP contribution >= 0.6 is 39.3 Å². The maximum Gasteiger partial charge on any atom is 0.289 e. The number of hydrogen-bond acceptors (Lipinski definition) is 4. The molecule has 0 atom stereocenters. The molecule has 7 heteroatoms. The fraction of sp³-hybridized carbons (Fsp3) is 0.0500. The number of rotatable bonds is 4. The summed E-state index contributed by atoms with van der Waals surface area (Å²) in [7, 11) is 0. The first-order valence-electron chi connectivity index (χ1n) is 7.85. The molecule has 4 nitrogen and oxygen atoms in total. The maximum atomic E-state index is 9.80. The number of nitriles is 2. The third-order valence-electron chi connectivity index (χ3n) is 3.90. The maximum absolute atomic E-state index is 9.80. The molecule has 0 saturated carbocycles. The molecule has 0 aliphatic rings. The average molecular weight is 457 g/mol. The number of aromatic nitrogens is 1. The summed E-state index contributed by atoms with van der Waals surface area (Å²) in [5.74, 6) is 0.876. The van der Waals surface area contributed by atoms with Gasteiger partial charge in [0.25, 0.3) is 5.82 Å². The highest BCUT2D eigenvalue weighted by atomic mass is 79.9. The molecule has 0 spiro atoms. The van der Waals surface area contributed by atoms with Gasteiger partial charge in [0.1, 0.15) is 23.3 Å². The van der Waals surface area contributed by atoms with Crippen LogP contribution in [0.2, 0.25) is 5.02 Å². The quantitative estimate of drug-likeness (QED) is 0.546. The van der Waals surface area contributed by atoms with E-state index in [1.807, 2.05) is 48.5 Å². The molecule has 0 amide bonds. The molecular formula is C20H13BrClN4S+. The monoisotopic (exact) mass is 455 g/mol. The number of H-pyrrole nitrogens is 1. The zero-order chi connectivity index (χ0) is 19.4. The Morgan fingerprint density at radius 2 is 1.63 bits per heavy atom. The van der Waals surface area contributed by atoms with Crippen LogP contribution in [-0.4, -0.2) is 0 Å². The van der Waals surface area contributed by atoms with Crippen LogP contribution in [0.25, 0.3) is 11.1 Å².